The molecule has 4 nitrogen and oxygen atoms in total. The molecule has 0 fully saturated rings. The van der Waals surface area contributed by atoms with Crippen LogP contribution < -0.4 is 9.47 Å². The smallest absolute Gasteiger partial charge is 0.231 e. The van der Waals surface area contributed by atoms with Gasteiger partial charge in [-0.25, -0.2) is 0 Å². The van der Waals surface area contributed by atoms with E-state index in [0.29, 0.717) is 17.2 Å². The highest BCUT2D eigenvalue weighted by molar-refractivity contribution is 9.10. The van der Waals surface area contributed by atoms with Crippen LogP contribution in [0, 0.1) is 0 Å². The van der Waals surface area contributed by atoms with Crippen LogP contribution in [-0.2, 0) is 0 Å². The number of rotatable bonds is 3. The molecule has 3 aromatic carbocycles. The molecule has 0 atom stereocenters. The summed E-state index contributed by atoms with van der Waals surface area (Å²) in [5, 5.41) is 10.1. The summed E-state index contributed by atoms with van der Waals surface area (Å²) in [5.41, 5.74) is 3.41. The number of aromatic hydroxyl groups is 1. The average Bonchev–Trinajstić information content (AvgIpc) is 3.08. The van der Waals surface area contributed by atoms with Crippen LogP contribution in [0.2, 0.25) is 0 Å². The molecule has 25 heavy (non-hydrogen) atoms. The first-order valence-corrected chi connectivity index (χ1v) is 8.52. The highest BCUT2D eigenvalue weighted by atomic mass is 79.9. The molecule has 0 aromatic heterocycles. The normalized spacial score (nSPS) is 12.7. The summed E-state index contributed by atoms with van der Waals surface area (Å²) in [7, 11) is 0. The van der Waals surface area contributed by atoms with Gasteiger partial charge in [0.2, 0.25) is 6.79 Å². The lowest BCUT2D eigenvalue weighted by Crippen LogP contribution is -1.92. The molecule has 0 spiro atoms. The van der Waals surface area contributed by atoms with Gasteiger partial charge in [-0.1, -0.05) is 36.4 Å². The van der Waals surface area contributed by atoms with E-state index < -0.39 is 0 Å². The molecule has 1 aliphatic heterocycles. The minimum Gasteiger partial charge on any atom is -0.506 e. The fourth-order valence-electron chi connectivity index (χ4n) is 2.61. The number of ether oxygens (including phenoxy) is 2. The molecule has 5 heteroatoms. The molecule has 4 rings (SSSR count). The maximum Gasteiger partial charge on any atom is 0.231 e. The molecule has 1 heterocycles. The third kappa shape index (κ3) is 3.23. The van der Waals surface area contributed by atoms with Gasteiger partial charge in [0, 0.05) is 16.3 Å². The van der Waals surface area contributed by atoms with Gasteiger partial charge in [0.1, 0.15) is 11.4 Å². The van der Waals surface area contributed by atoms with Gasteiger partial charge in [0.15, 0.2) is 11.5 Å². The fraction of sp³-hybridized carbons (Fsp3) is 0.0500. The summed E-state index contributed by atoms with van der Waals surface area (Å²) in [4.78, 5) is 4.45. The van der Waals surface area contributed by atoms with Gasteiger partial charge in [0.25, 0.3) is 0 Å². The highest BCUT2D eigenvalue weighted by Gasteiger charge is 2.15. The van der Waals surface area contributed by atoms with Crippen LogP contribution in [0.15, 0.2) is 70.1 Å². The Hall–Kier alpha value is -2.79. The molecule has 0 radical (unpaired) electrons. The monoisotopic (exact) mass is 395 g/mol. The van der Waals surface area contributed by atoms with Gasteiger partial charge >= 0.3 is 0 Å². The van der Waals surface area contributed by atoms with Crippen molar-refractivity contribution in [1.82, 2.24) is 0 Å². The summed E-state index contributed by atoms with van der Waals surface area (Å²) in [6, 6.07) is 19.1. The number of aliphatic imine (C=N–C) groups is 1. The van der Waals surface area contributed by atoms with E-state index in [4.69, 9.17) is 9.47 Å². The van der Waals surface area contributed by atoms with Crippen LogP contribution in [-0.4, -0.2) is 18.1 Å². The summed E-state index contributed by atoms with van der Waals surface area (Å²) in [5.74, 6) is 1.53. The molecular formula is C20H14BrNO3. The van der Waals surface area contributed by atoms with E-state index in [0.717, 1.165) is 21.2 Å². The van der Waals surface area contributed by atoms with Crippen molar-refractivity contribution in [3.05, 3.63) is 70.7 Å². The summed E-state index contributed by atoms with van der Waals surface area (Å²) < 4.78 is 11.6. The fourth-order valence-corrected chi connectivity index (χ4v) is 3.03. The number of benzene rings is 3. The zero-order chi connectivity index (χ0) is 17.2. The predicted octanol–water partition coefficient (Wildman–Crippen LogP) is 5.30. The number of phenols is 1. The van der Waals surface area contributed by atoms with Crippen molar-refractivity contribution in [3.63, 3.8) is 0 Å². The Balaban J connectivity index is 1.68. The van der Waals surface area contributed by atoms with E-state index in [-0.39, 0.29) is 12.5 Å². The second-order valence-electron chi connectivity index (χ2n) is 5.55. The zero-order valence-corrected chi connectivity index (χ0v) is 14.7. The van der Waals surface area contributed by atoms with Gasteiger partial charge < -0.3 is 14.6 Å². The lowest BCUT2D eigenvalue weighted by atomic mass is 10.0. The Bertz CT molecular complexity index is 955. The molecule has 1 aliphatic rings. The van der Waals surface area contributed by atoms with Gasteiger partial charge in [-0.3, -0.25) is 4.99 Å². The third-order valence-corrected chi connectivity index (χ3v) is 4.60. The Morgan fingerprint density at radius 3 is 2.48 bits per heavy atom. The zero-order valence-electron chi connectivity index (χ0n) is 13.1. The van der Waals surface area contributed by atoms with Crippen LogP contribution in [0.5, 0.6) is 17.2 Å². The van der Waals surface area contributed by atoms with Crippen molar-refractivity contribution in [2.75, 3.05) is 6.79 Å². The molecule has 0 bridgehead atoms. The molecule has 0 amide bonds. The average molecular weight is 396 g/mol. The molecule has 1 N–H and O–H groups in total. The van der Waals surface area contributed by atoms with Gasteiger partial charge in [0.05, 0.1) is 0 Å². The Morgan fingerprint density at radius 1 is 0.920 bits per heavy atom. The predicted molar refractivity (Wildman–Crippen MR) is 101 cm³/mol. The van der Waals surface area contributed by atoms with Crippen LogP contribution in [0.3, 0.4) is 0 Å². The maximum absolute atomic E-state index is 10.1. The van der Waals surface area contributed by atoms with E-state index in [9.17, 15) is 5.11 Å². The largest absolute Gasteiger partial charge is 0.506 e. The second-order valence-corrected chi connectivity index (χ2v) is 6.41. The molecule has 0 saturated carbocycles. The second kappa shape index (κ2) is 6.61. The van der Waals surface area contributed by atoms with Crippen LogP contribution in [0.4, 0.5) is 5.69 Å². The standard InChI is InChI=1S/C20H14BrNO3/c21-16-10-20-19(24-12-25-20)9-15(16)11-22-17-8-14(6-7-18(17)23)13-4-2-1-3-5-13/h1-11,23H,12H2. The number of phenolic OH excluding ortho intramolecular Hbond substituents is 1. The number of hydrogen-bond donors (Lipinski definition) is 1. The minimum absolute atomic E-state index is 0.132. The molecular weight excluding hydrogens is 382 g/mol. The summed E-state index contributed by atoms with van der Waals surface area (Å²) in [6.45, 7) is 0.224. The SMILES string of the molecule is Oc1ccc(-c2ccccc2)cc1N=Cc1cc2c(cc1Br)OCO2. The van der Waals surface area contributed by atoms with Crippen molar-refractivity contribution in [3.8, 4) is 28.4 Å². The summed E-state index contributed by atoms with van der Waals surface area (Å²) >= 11 is 3.50. The Kier molecular flexibility index (Phi) is 4.15. The van der Waals surface area contributed by atoms with E-state index in [1.165, 1.54) is 0 Å². The van der Waals surface area contributed by atoms with Gasteiger partial charge in [-0.15, -0.1) is 0 Å². The van der Waals surface area contributed by atoms with E-state index in [1.54, 1.807) is 12.3 Å². The number of hydrogen-bond acceptors (Lipinski definition) is 4. The number of nitrogens with zero attached hydrogens (tertiary/aromatic N) is 1. The van der Waals surface area contributed by atoms with Crippen molar-refractivity contribution in [1.29, 1.82) is 0 Å². The third-order valence-electron chi connectivity index (χ3n) is 3.92. The molecule has 0 saturated heterocycles. The lowest BCUT2D eigenvalue weighted by Gasteiger charge is -2.05. The van der Waals surface area contributed by atoms with E-state index in [1.807, 2.05) is 54.6 Å². The summed E-state index contributed by atoms with van der Waals surface area (Å²) in [6.07, 6.45) is 1.69. The number of fused-ring (bicyclic) bond motifs is 1. The molecule has 0 aliphatic carbocycles. The van der Waals surface area contributed by atoms with E-state index in [2.05, 4.69) is 20.9 Å². The Morgan fingerprint density at radius 2 is 1.68 bits per heavy atom. The molecule has 3 aromatic rings. The van der Waals surface area contributed by atoms with Crippen LogP contribution in [0.1, 0.15) is 5.56 Å². The van der Waals surface area contributed by atoms with E-state index >= 15 is 0 Å². The molecule has 0 unspecified atom stereocenters. The highest BCUT2D eigenvalue weighted by Crippen LogP contribution is 2.37. The van der Waals surface area contributed by atoms with Crippen molar-refractivity contribution in [2.24, 2.45) is 4.99 Å². The van der Waals surface area contributed by atoms with Crippen molar-refractivity contribution in [2.45, 2.75) is 0 Å². The lowest BCUT2D eigenvalue weighted by molar-refractivity contribution is 0.174. The first-order valence-electron chi connectivity index (χ1n) is 7.72. The van der Waals surface area contributed by atoms with Crippen LogP contribution >= 0.6 is 15.9 Å². The topological polar surface area (TPSA) is 51.1 Å². The first-order chi connectivity index (χ1) is 12.2. The van der Waals surface area contributed by atoms with Gasteiger partial charge in [-0.2, -0.15) is 0 Å². The van der Waals surface area contributed by atoms with Crippen molar-refractivity contribution < 1.29 is 14.6 Å². The maximum atomic E-state index is 10.1. The van der Waals surface area contributed by atoms with Gasteiger partial charge in [-0.05, 0) is 51.3 Å². The molecule has 124 valence electrons. The first kappa shape index (κ1) is 15.7. The van der Waals surface area contributed by atoms with Crippen LogP contribution in [0.25, 0.3) is 11.1 Å². The van der Waals surface area contributed by atoms with Crippen molar-refractivity contribution >= 4 is 27.8 Å². The minimum atomic E-state index is 0.132. The Labute approximate surface area is 153 Å². The quantitative estimate of drug-likeness (QED) is 0.612. The number of halogens is 1.